The Hall–Kier alpha value is -3.59. The van der Waals surface area contributed by atoms with E-state index in [1.165, 1.54) is 0 Å². The molecule has 3 aromatic rings. The summed E-state index contributed by atoms with van der Waals surface area (Å²) in [5.41, 5.74) is 3.01. The van der Waals surface area contributed by atoms with Gasteiger partial charge in [-0.15, -0.1) is 5.06 Å². The lowest BCUT2D eigenvalue weighted by Gasteiger charge is -2.32. The van der Waals surface area contributed by atoms with Crippen molar-refractivity contribution in [2.45, 2.75) is 19.4 Å². The van der Waals surface area contributed by atoms with Crippen molar-refractivity contribution in [3.63, 3.8) is 0 Å². The lowest BCUT2D eigenvalue weighted by Crippen LogP contribution is -2.41. The predicted molar refractivity (Wildman–Crippen MR) is 140 cm³/mol. The highest BCUT2D eigenvalue weighted by Crippen LogP contribution is 2.45. The van der Waals surface area contributed by atoms with Gasteiger partial charge in [-0.05, 0) is 48.9 Å². The van der Waals surface area contributed by atoms with Crippen LogP contribution >= 0.6 is 0 Å². The molecule has 0 spiro atoms. The fraction of sp³-hybridized carbons (Fsp3) is 0.345. The highest BCUT2D eigenvalue weighted by molar-refractivity contribution is 5.77. The molecule has 8 heteroatoms. The molecule has 0 saturated carbocycles. The first-order chi connectivity index (χ1) is 18.2. The van der Waals surface area contributed by atoms with Crippen LogP contribution in [0.15, 0.2) is 72.8 Å². The molecule has 0 bridgehead atoms. The molecule has 2 aliphatic rings. The molecule has 1 unspecified atom stereocenters. The summed E-state index contributed by atoms with van der Waals surface area (Å²) in [4.78, 5) is 20.4. The van der Waals surface area contributed by atoms with Crippen LogP contribution in [0.25, 0.3) is 0 Å². The second-order valence-electron chi connectivity index (χ2n) is 8.78. The van der Waals surface area contributed by atoms with E-state index in [9.17, 15) is 4.79 Å². The van der Waals surface area contributed by atoms with Crippen molar-refractivity contribution in [2.24, 2.45) is 0 Å². The van der Waals surface area contributed by atoms with Crippen LogP contribution in [0.4, 0.5) is 11.4 Å². The van der Waals surface area contributed by atoms with Gasteiger partial charge in [0.25, 0.3) is 0 Å². The van der Waals surface area contributed by atoms with Crippen molar-refractivity contribution >= 4 is 17.3 Å². The lowest BCUT2D eigenvalue weighted by molar-refractivity contribution is -0.216. The number of hydrogen-bond acceptors (Lipinski definition) is 8. The number of carbonyl (C=O) groups is 1. The number of morpholine rings is 1. The average Bonchev–Trinajstić information content (AvgIpc) is 2.94. The Morgan fingerprint density at radius 3 is 2.22 bits per heavy atom. The number of hydrogen-bond donors (Lipinski definition) is 0. The van der Waals surface area contributed by atoms with Crippen LogP contribution in [0.2, 0.25) is 0 Å². The molecule has 1 saturated heterocycles. The summed E-state index contributed by atoms with van der Waals surface area (Å²) in [7, 11) is 0. The fourth-order valence-corrected chi connectivity index (χ4v) is 4.45. The molecule has 5 rings (SSSR count). The minimum absolute atomic E-state index is 0.379. The molecular formula is C29H32N2O6. The van der Waals surface area contributed by atoms with Gasteiger partial charge in [-0.25, -0.2) is 4.79 Å². The van der Waals surface area contributed by atoms with E-state index in [-0.39, 0.29) is 5.97 Å². The zero-order valence-electron chi connectivity index (χ0n) is 21.0. The minimum Gasteiger partial charge on any atom is -0.492 e. The first kappa shape index (κ1) is 25.1. The van der Waals surface area contributed by atoms with Gasteiger partial charge in [0.2, 0.25) is 0 Å². The maximum Gasteiger partial charge on any atom is 0.354 e. The number of anilines is 2. The van der Waals surface area contributed by atoms with Gasteiger partial charge < -0.3 is 28.7 Å². The van der Waals surface area contributed by atoms with Crippen LogP contribution < -0.4 is 14.4 Å². The SMILES string of the molecule is CCOC(Cc1ccc(OCCN2c3ccccc3Oc3ccccc32)cc1)C(=O)ON1CCOCC1. The highest BCUT2D eigenvalue weighted by atomic mass is 16.7. The summed E-state index contributed by atoms with van der Waals surface area (Å²) < 4.78 is 23.1. The van der Waals surface area contributed by atoms with Crippen molar-refractivity contribution < 1.29 is 28.6 Å². The second kappa shape index (κ2) is 12.1. The van der Waals surface area contributed by atoms with Crippen LogP contribution in [0.3, 0.4) is 0 Å². The average molecular weight is 505 g/mol. The first-order valence-electron chi connectivity index (χ1n) is 12.7. The number of ether oxygens (including phenoxy) is 4. The molecule has 0 aromatic heterocycles. The number of benzene rings is 3. The molecule has 194 valence electrons. The van der Waals surface area contributed by atoms with E-state index in [0.717, 1.165) is 34.2 Å². The maximum atomic E-state index is 12.7. The van der Waals surface area contributed by atoms with Crippen LogP contribution in [0.5, 0.6) is 17.2 Å². The van der Waals surface area contributed by atoms with Crippen molar-refractivity contribution in [1.29, 1.82) is 0 Å². The zero-order chi connectivity index (χ0) is 25.5. The number of para-hydroxylation sites is 4. The molecule has 0 N–H and O–H groups in total. The lowest BCUT2D eigenvalue weighted by atomic mass is 10.1. The van der Waals surface area contributed by atoms with Gasteiger partial charge in [-0.3, -0.25) is 0 Å². The number of fused-ring (bicyclic) bond motifs is 2. The Labute approximate surface area is 217 Å². The zero-order valence-corrected chi connectivity index (χ0v) is 21.0. The fourth-order valence-electron chi connectivity index (χ4n) is 4.45. The summed E-state index contributed by atoms with van der Waals surface area (Å²) in [6, 6.07) is 23.8. The van der Waals surface area contributed by atoms with Crippen molar-refractivity contribution in [3.8, 4) is 17.2 Å². The van der Waals surface area contributed by atoms with Crippen LogP contribution in [0, 0.1) is 0 Å². The summed E-state index contributed by atoms with van der Waals surface area (Å²) >= 11 is 0. The second-order valence-corrected chi connectivity index (χ2v) is 8.78. The summed E-state index contributed by atoms with van der Waals surface area (Å²) in [5, 5.41) is 1.64. The molecule has 8 nitrogen and oxygen atoms in total. The van der Waals surface area contributed by atoms with Gasteiger partial charge in [0.15, 0.2) is 17.6 Å². The Kier molecular flexibility index (Phi) is 8.20. The smallest absolute Gasteiger partial charge is 0.354 e. The van der Waals surface area contributed by atoms with Crippen molar-refractivity contribution in [1.82, 2.24) is 5.06 Å². The molecule has 1 atom stereocenters. The number of rotatable bonds is 10. The molecular weight excluding hydrogens is 472 g/mol. The Morgan fingerprint density at radius 2 is 1.57 bits per heavy atom. The molecule has 3 aromatic carbocycles. The molecule has 1 fully saturated rings. The Balaban J connectivity index is 1.17. The monoisotopic (exact) mass is 504 g/mol. The molecule has 2 heterocycles. The maximum absolute atomic E-state index is 12.7. The van der Waals surface area contributed by atoms with Gasteiger partial charge in [-0.2, -0.15) is 0 Å². The van der Waals surface area contributed by atoms with Gasteiger partial charge in [0.05, 0.1) is 44.2 Å². The van der Waals surface area contributed by atoms with Crippen LogP contribution in [-0.4, -0.2) is 63.2 Å². The van der Waals surface area contributed by atoms with Gasteiger partial charge in [0.1, 0.15) is 12.4 Å². The Morgan fingerprint density at radius 1 is 0.919 bits per heavy atom. The Bertz CT molecular complexity index is 1130. The number of nitrogens with zero attached hydrogens (tertiary/aromatic N) is 2. The third-order valence-electron chi connectivity index (χ3n) is 6.28. The third kappa shape index (κ3) is 6.22. The quantitative estimate of drug-likeness (QED) is 0.392. The summed E-state index contributed by atoms with van der Waals surface area (Å²) in [5.74, 6) is 2.06. The number of carbonyl (C=O) groups excluding carboxylic acids is 1. The van der Waals surface area contributed by atoms with E-state index < -0.39 is 6.10 Å². The largest absolute Gasteiger partial charge is 0.492 e. The third-order valence-corrected chi connectivity index (χ3v) is 6.28. The number of hydroxylamine groups is 2. The van der Waals surface area contributed by atoms with E-state index in [1.807, 2.05) is 67.6 Å². The van der Waals surface area contributed by atoms with Gasteiger partial charge in [-0.1, -0.05) is 36.4 Å². The highest BCUT2D eigenvalue weighted by Gasteiger charge is 2.26. The predicted octanol–water partition coefficient (Wildman–Crippen LogP) is 4.75. The minimum atomic E-state index is -0.666. The van der Waals surface area contributed by atoms with Gasteiger partial charge >= 0.3 is 5.97 Å². The van der Waals surface area contributed by atoms with E-state index in [4.69, 9.17) is 23.8 Å². The van der Waals surface area contributed by atoms with Gasteiger partial charge in [0, 0.05) is 13.0 Å². The molecule has 0 radical (unpaired) electrons. The topological polar surface area (TPSA) is 69.7 Å². The summed E-state index contributed by atoms with van der Waals surface area (Å²) in [6.45, 7) is 5.71. The van der Waals surface area contributed by atoms with Crippen molar-refractivity contribution in [2.75, 3.05) is 51.0 Å². The molecule has 37 heavy (non-hydrogen) atoms. The van der Waals surface area contributed by atoms with E-state index >= 15 is 0 Å². The molecule has 0 amide bonds. The van der Waals surface area contributed by atoms with E-state index in [2.05, 4.69) is 17.0 Å². The van der Waals surface area contributed by atoms with Crippen LogP contribution in [-0.2, 0) is 25.5 Å². The molecule has 2 aliphatic heterocycles. The van der Waals surface area contributed by atoms with E-state index in [1.54, 1.807) is 5.06 Å². The molecule has 0 aliphatic carbocycles. The summed E-state index contributed by atoms with van der Waals surface area (Å²) in [6.07, 6.45) is -0.236. The first-order valence-corrected chi connectivity index (χ1v) is 12.7. The normalized spacial score (nSPS) is 15.8. The standard InChI is InChI=1S/C29H32N2O6/c1-2-34-28(29(32)37-30-15-18-33-19-16-30)21-22-11-13-23(14-12-22)35-20-17-31-24-7-3-5-9-26(24)36-27-10-6-4-8-25(27)31/h3-14,28H,2,15-21H2,1H3. The van der Waals surface area contributed by atoms with Crippen LogP contribution in [0.1, 0.15) is 12.5 Å². The van der Waals surface area contributed by atoms with E-state index in [0.29, 0.717) is 52.5 Å². The van der Waals surface area contributed by atoms with Crippen molar-refractivity contribution in [3.05, 3.63) is 78.4 Å².